The Morgan fingerprint density at radius 2 is 2.17 bits per heavy atom. The molecule has 1 atom stereocenters. The van der Waals surface area contributed by atoms with Gasteiger partial charge in [0.05, 0.1) is 13.7 Å². The molecule has 1 saturated carbocycles. The van der Waals surface area contributed by atoms with Gasteiger partial charge in [-0.1, -0.05) is 18.6 Å². The highest BCUT2D eigenvalue weighted by Crippen LogP contribution is 2.50. The smallest absolute Gasteiger partial charge is 0.121 e. The summed E-state index contributed by atoms with van der Waals surface area (Å²) >= 11 is 0. The Hall–Kier alpha value is -1.06. The zero-order chi connectivity index (χ0) is 13.2. The summed E-state index contributed by atoms with van der Waals surface area (Å²) in [4.78, 5) is 0. The SMILES string of the molecule is CNC(c1ccc(OC)c(C)c1)C1(CO)CCC1. The van der Waals surface area contributed by atoms with E-state index < -0.39 is 0 Å². The lowest BCUT2D eigenvalue weighted by molar-refractivity contribution is 0.00780. The second-order valence-electron chi connectivity index (χ2n) is 5.32. The number of hydrogen-bond acceptors (Lipinski definition) is 3. The molecule has 1 aliphatic rings. The highest BCUT2D eigenvalue weighted by Gasteiger charge is 2.43. The van der Waals surface area contributed by atoms with Gasteiger partial charge in [-0.3, -0.25) is 0 Å². The average Bonchev–Trinajstić information content (AvgIpc) is 2.33. The molecular weight excluding hydrogens is 226 g/mol. The topological polar surface area (TPSA) is 41.5 Å². The van der Waals surface area contributed by atoms with Gasteiger partial charge >= 0.3 is 0 Å². The van der Waals surface area contributed by atoms with Crippen LogP contribution in [0.3, 0.4) is 0 Å². The molecule has 0 bridgehead atoms. The van der Waals surface area contributed by atoms with Crippen molar-refractivity contribution in [3.05, 3.63) is 29.3 Å². The number of aliphatic hydroxyl groups is 1. The second-order valence-corrected chi connectivity index (χ2v) is 5.32. The molecule has 2 rings (SSSR count). The summed E-state index contributed by atoms with van der Waals surface area (Å²) in [5.74, 6) is 0.917. The Bertz CT molecular complexity index is 407. The zero-order valence-electron chi connectivity index (χ0n) is 11.5. The molecule has 1 aromatic carbocycles. The summed E-state index contributed by atoms with van der Waals surface area (Å²) in [6.07, 6.45) is 3.41. The van der Waals surface area contributed by atoms with E-state index in [0.717, 1.165) is 24.2 Å². The molecule has 0 saturated heterocycles. The molecule has 0 heterocycles. The van der Waals surface area contributed by atoms with Gasteiger partial charge in [0, 0.05) is 11.5 Å². The summed E-state index contributed by atoms with van der Waals surface area (Å²) in [5, 5.41) is 13.1. The molecule has 0 spiro atoms. The number of methoxy groups -OCH3 is 1. The summed E-state index contributed by atoms with van der Waals surface area (Å²) < 4.78 is 5.30. The summed E-state index contributed by atoms with van der Waals surface area (Å²) in [5.41, 5.74) is 2.41. The van der Waals surface area contributed by atoms with E-state index in [0.29, 0.717) is 0 Å². The predicted molar refractivity (Wildman–Crippen MR) is 72.9 cm³/mol. The van der Waals surface area contributed by atoms with Crippen LogP contribution in [0.1, 0.15) is 36.4 Å². The summed E-state index contributed by atoms with van der Waals surface area (Å²) in [7, 11) is 3.67. The van der Waals surface area contributed by atoms with E-state index in [1.807, 2.05) is 13.1 Å². The second kappa shape index (κ2) is 5.29. The van der Waals surface area contributed by atoms with E-state index in [2.05, 4.69) is 24.4 Å². The lowest BCUT2D eigenvalue weighted by atomic mass is 9.63. The molecule has 1 aromatic rings. The third-order valence-electron chi connectivity index (χ3n) is 4.32. The summed E-state index contributed by atoms with van der Waals surface area (Å²) in [6.45, 7) is 2.31. The minimum atomic E-state index is 0.0236. The van der Waals surface area contributed by atoms with E-state index in [4.69, 9.17) is 4.74 Å². The van der Waals surface area contributed by atoms with Crippen LogP contribution in [0.25, 0.3) is 0 Å². The lowest BCUT2D eigenvalue weighted by Crippen LogP contribution is -2.44. The van der Waals surface area contributed by atoms with Crippen molar-refractivity contribution >= 4 is 0 Å². The third kappa shape index (κ3) is 2.13. The molecule has 0 aliphatic heterocycles. The molecule has 2 N–H and O–H groups in total. The molecule has 1 unspecified atom stereocenters. The highest BCUT2D eigenvalue weighted by atomic mass is 16.5. The molecule has 1 fully saturated rings. The number of aliphatic hydroxyl groups excluding tert-OH is 1. The fourth-order valence-corrected chi connectivity index (χ4v) is 3.08. The first-order chi connectivity index (χ1) is 8.66. The van der Waals surface area contributed by atoms with Crippen LogP contribution < -0.4 is 10.1 Å². The van der Waals surface area contributed by atoms with E-state index in [1.54, 1.807) is 7.11 Å². The fourth-order valence-electron chi connectivity index (χ4n) is 3.08. The lowest BCUT2D eigenvalue weighted by Gasteiger charge is -2.46. The third-order valence-corrected chi connectivity index (χ3v) is 4.32. The van der Waals surface area contributed by atoms with Gasteiger partial charge < -0.3 is 15.2 Å². The molecule has 18 heavy (non-hydrogen) atoms. The normalized spacial score (nSPS) is 19.1. The number of benzene rings is 1. The van der Waals surface area contributed by atoms with Crippen molar-refractivity contribution in [3.8, 4) is 5.75 Å². The van der Waals surface area contributed by atoms with Crippen LogP contribution in [0, 0.1) is 12.3 Å². The van der Waals surface area contributed by atoms with Gasteiger partial charge in [0.2, 0.25) is 0 Å². The van der Waals surface area contributed by atoms with Crippen molar-refractivity contribution in [1.82, 2.24) is 5.32 Å². The van der Waals surface area contributed by atoms with Gasteiger partial charge in [-0.15, -0.1) is 0 Å². The van der Waals surface area contributed by atoms with Crippen LogP contribution in [0.2, 0.25) is 0 Å². The Morgan fingerprint density at radius 3 is 2.56 bits per heavy atom. The standard InChI is InChI=1S/C15H23NO2/c1-11-9-12(5-6-13(11)18-3)14(16-2)15(10-17)7-4-8-15/h5-6,9,14,16-17H,4,7-8,10H2,1-3H3. The molecule has 3 heteroatoms. The fraction of sp³-hybridized carbons (Fsp3) is 0.600. The molecule has 0 aromatic heterocycles. The van der Waals surface area contributed by atoms with Crippen molar-refractivity contribution in [2.75, 3.05) is 20.8 Å². The van der Waals surface area contributed by atoms with Crippen LogP contribution in [0.5, 0.6) is 5.75 Å². The van der Waals surface area contributed by atoms with Crippen molar-refractivity contribution in [3.63, 3.8) is 0 Å². The highest BCUT2D eigenvalue weighted by molar-refractivity contribution is 5.38. The maximum absolute atomic E-state index is 9.70. The first-order valence-corrected chi connectivity index (χ1v) is 6.59. The van der Waals surface area contributed by atoms with E-state index in [9.17, 15) is 5.11 Å². The molecule has 1 aliphatic carbocycles. The minimum absolute atomic E-state index is 0.0236. The van der Waals surface area contributed by atoms with Crippen molar-refractivity contribution in [1.29, 1.82) is 0 Å². The largest absolute Gasteiger partial charge is 0.496 e. The van der Waals surface area contributed by atoms with Crippen molar-refractivity contribution in [2.45, 2.75) is 32.2 Å². The minimum Gasteiger partial charge on any atom is -0.496 e. The predicted octanol–water partition coefficient (Wildman–Crippen LogP) is 2.43. The Labute approximate surface area is 109 Å². The number of nitrogens with one attached hydrogen (secondary N) is 1. The van der Waals surface area contributed by atoms with Crippen molar-refractivity contribution < 1.29 is 9.84 Å². The average molecular weight is 249 g/mol. The Kier molecular flexibility index (Phi) is 3.93. The number of aryl methyl sites for hydroxylation is 1. The molecule has 0 radical (unpaired) electrons. The van der Waals surface area contributed by atoms with Crippen molar-refractivity contribution in [2.24, 2.45) is 5.41 Å². The first kappa shape index (κ1) is 13.4. The van der Waals surface area contributed by atoms with E-state index >= 15 is 0 Å². The number of rotatable bonds is 5. The maximum atomic E-state index is 9.70. The Balaban J connectivity index is 2.30. The number of ether oxygens (including phenoxy) is 1. The summed E-state index contributed by atoms with van der Waals surface area (Å²) in [6, 6.07) is 6.50. The Morgan fingerprint density at radius 1 is 1.44 bits per heavy atom. The van der Waals surface area contributed by atoms with Gasteiger partial charge in [-0.2, -0.15) is 0 Å². The van der Waals surface area contributed by atoms with E-state index in [1.165, 1.54) is 12.0 Å². The molecule has 100 valence electrons. The van der Waals surface area contributed by atoms with Gasteiger partial charge in [0.15, 0.2) is 0 Å². The first-order valence-electron chi connectivity index (χ1n) is 6.59. The van der Waals surface area contributed by atoms with Gasteiger partial charge in [0.25, 0.3) is 0 Å². The van der Waals surface area contributed by atoms with Crippen LogP contribution >= 0.6 is 0 Å². The molecular formula is C15H23NO2. The zero-order valence-corrected chi connectivity index (χ0v) is 11.5. The molecule has 3 nitrogen and oxygen atoms in total. The van der Waals surface area contributed by atoms with Crippen LogP contribution in [-0.2, 0) is 0 Å². The van der Waals surface area contributed by atoms with E-state index in [-0.39, 0.29) is 18.1 Å². The molecule has 0 amide bonds. The maximum Gasteiger partial charge on any atom is 0.121 e. The van der Waals surface area contributed by atoms with Gasteiger partial charge in [0.1, 0.15) is 5.75 Å². The van der Waals surface area contributed by atoms with Gasteiger partial charge in [-0.05, 0) is 44.0 Å². The number of hydrogen-bond donors (Lipinski definition) is 2. The van der Waals surface area contributed by atoms with Crippen LogP contribution in [0.15, 0.2) is 18.2 Å². The van der Waals surface area contributed by atoms with Crippen LogP contribution in [0.4, 0.5) is 0 Å². The monoisotopic (exact) mass is 249 g/mol. The van der Waals surface area contributed by atoms with Gasteiger partial charge in [-0.25, -0.2) is 0 Å². The quantitative estimate of drug-likeness (QED) is 0.842. The van der Waals surface area contributed by atoms with Crippen LogP contribution in [-0.4, -0.2) is 25.9 Å².